The van der Waals surface area contributed by atoms with E-state index in [9.17, 15) is 0 Å². The number of hydrogen-bond acceptors (Lipinski definition) is 3. The average Bonchev–Trinajstić information content (AvgIpc) is 2.62. The molecule has 1 heterocycles. The van der Waals surface area contributed by atoms with Crippen LogP contribution in [-0.2, 0) is 5.41 Å². The molecule has 0 radical (unpaired) electrons. The molecule has 1 saturated carbocycles. The van der Waals surface area contributed by atoms with Crippen molar-refractivity contribution in [1.82, 2.24) is 9.97 Å². The van der Waals surface area contributed by atoms with E-state index in [1.807, 2.05) is 6.07 Å². The van der Waals surface area contributed by atoms with Gasteiger partial charge in [-0.05, 0) is 35.7 Å². The van der Waals surface area contributed by atoms with Gasteiger partial charge in [0.2, 0.25) is 0 Å². The van der Waals surface area contributed by atoms with E-state index in [0.717, 1.165) is 16.2 Å². The molecule has 0 atom stereocenters. The summed E-state index contributed by atoms with van der Waals surface area (Å²) < 4.78 is 0.853. The van der Waals surface area contributed by atoms with Gasteiger partial charge in [0, 0.05) is 17.0 Å². The quantitative estimate of drug-likeness (QED) is 0.828. The van der Waals surface area contributed by atoms with E-state index in [4.69, 9.17) is 0 Å². The van der Waals surface area contributed by atoms with Gasteiger partial charge in [-0.1, -0.05) is 33.6 Å². The summed E-state index contributed by atoms with van der Waals surface area (Å²) >= 11 is 3.48. The number of nitrogens with one attached hydrogen (secondary N) is 1. The molecule has 0 spiro atoms. The molecule has 0 unspecified atom stereocenters. The lowest BCUT2D eigenvalue weighted by Crippen LogP contribution is -2.32. The summed E-state index contributed by atoms with van der Waals surface area (Å²) in [6.07, 6.45) is 5.06. The van der Waals surface area contributed by atoms with Crippen molar-refractivity contribution in [3.05, 3.63) is 16.5 Å². The Hall–Kier alpha value is -0.640. The minimum Gasteiger partial charge on any atom is -0.365 e. The fourth-order valence-corrected chi connectivity index (χ4v) is 2.79. The molecule has 100 valence electrons. The molecule has 2 rings (SSSR count). The van der Waals surface area contributed by atoms with E-state index in [0.29, 0.717) is 0 Å². The molecule has 4 heteroatoms. The highest BCUT2D eigenvalue weighted by molar-refractivity contribution is 9.10. The smallest absolute Gasteiger partial charge is 0.137 e. The van der Waals surface area contributed by atoms with Crippen LogP contribution in [-0.4, -0.2) is 15.5 Å². The molecule has 0 amide bonds. The summed E-state index contributed by atoms with van der Waals surface area (Å²) in [4.78, 5) is 9.13. The Kier molecular flexibility index (Phi) is 3.67. The van der Waals surface area contributed by atoms with Gasteiger partial charge < -0.3 is 5.32 Å². The van der Waals surface area contributed by atoms with Gasteiger partial charge in [0.1, 0.15) is 16.2 Å². The summed E-state index contributed by atoms with van der Waals surface area (Å²) in [5.74, 6) is 1.81. The molecule has 1 fully saturated rings. The van der Waals surface area contributed by atoms with Crippen molar-refractivity contribution in [2.45, 2.75) is 64.3 Å². The summed E-state index contributed by atoms with van der Waals surface area (Å²) in [7, 11) is 0. The second kappa shape index (κ2) is 4.80. The van der Waals surface area contributed by atoms with Crippen LogP contribution in [0.2, 0.25) is 0 Å². The highest BCUT2D eigenvalue weighted by atomic mass is 79.9. The summed E-state index contributed by atoms with van der Waals surface area (Å²) in [6, 6.07) is 1.97. The molecule has 0 aromatic carbocycles. The minimum atomic E-state index is -0.0310. The van der Waals surface area contributed by atoms with E-state index in [2.05, 4.69) is 58.9 Å². The molecule has 1 N–H and O–H groups in total. The summed E-state index contributed by atoms with van der Waals surface area (Å²) in [5, 5.41) is 3.59. The third-order valence-electron chi connectivity index (χ3n) is 3.50. The van der Waals surface area contributed by atoms with E-state index < -0.39 is 0 Å². The Labute approximate surface area is 118 Å². The molecular formula is C14H22BrN3. The maximum atomic E-state index is 4.66. The van der Waals surface area contributed by atoms with Gasteiger partial charge in [-0.3, -0.25) is 0 Å². The van der Waals surface area contributed by atoms with Crippen LogP contribution < -0.4 is 5.32 Å². The topological polar surface area (TPSA) is 37.8 Å². The lowest BCUT2D eigenvalue weighted by molar-refractivity contribution is 0.520. The van der Waals surface area contributed by atoms with Gasteiger partial charge in [0.15, 0.2) is 0 Å². The second-order valence-corrected chi connectivity index (χ2v) is 7.35. The fraction of sp³-hybridized carbons (Fsp3) is 0.714. The van der Waals surface area contributed by atoms with Crippen LogP contribution in [0.3, 0.4) is 0 Å². The Balaban J connectivity index is 2.25. The monoisotopic (exact) mass is 311 g/mol. The lowest BCUT2D eigenvalue weighted by Gasteiger charge is -2.27. The number of halogens is 1. The molecule has 0 aliphatic heterocycles. The SMILES string of the molecule is CC1(Nc2cc(Br)nc(C(C)(C)C)n2)CCCC1. The van der Waals surface area contributed by atoms with E-state index in [1.54, 1.807) is 0 Å². The van der Waals surface area contributed by atoms with Gasteiger partial charge >= 0.3 is 0 Å². The Morgan fingerprint density at radius 1 is 1.22 bits per heavy atom. The standard InChI is InChI=1S/C14H22BrN3/c1-13(2,3)12-16-10(15)9-11(17-12)18-14(4)7-5-6-8-14/h9H,5-8H2,1-4H3,(H,16,17,18). The first-order valence-corrected chi connectivity index (χ1v) is 7.41. The second-order valence-electron chi connectivity index (χ2n) is 6.54. The zero-order valence-corrected chi connectivity index (χ0v) is 13.3. The third-order valence-corrected chi connectivity index (χ3v) is 3.91. The Morgan fingerprint density at radius 3 is 2.39 bits per heavy atom. The van der Waals surface area contributed by atoms with Crippen LogP contribution >= 0.6 is 15.9 Å². The predicted octanol–water partition coefficient (Wildman–Crippen LogP) is 4.28. The Morgan fingerprint density at radius 2 is 1.83 bits per heavy atom. The normalized spacial score (nSPS) is 18.9. The number of aromatic nitrogens is 2. The minimum absolute atomic E-state index is 0.0310. The van der Waals surface area contributed by atoms with Gasteiger partial charge in [-0.2, -0.15) is 0 Å². The predicted molar refractivity (Wildman–Crippen MR) is 78.9 cm³/mol. The molecule has 1 aliphatic rings. The number of rotatable bonds is 2. The highest BCUT2D eigenvalue weighted by Gasteiger charge is 2.29. The van der Waals surface area contributed by atoms with E-state index >= 15 is 0 Å². The molecule has 1 aromatic heterocycles. The van der Waals surface area contributed by atoms with Crippen molar-refractivity contribution >= 4 is 21.7 Å². The summed E-state index contributed by atoms with van der Waals surface area (Å²) in [5.41, 5.74) is 0.166. The van der Waals surface area contributed by atoms with Crippen LogP contribution in [0.4, 0.5) is 5.82 Å². The van der Waals surface area contributed by atoms with Crippen LogP contribution in [0, 0.1) is 0 Å². The maximum absolute atomic E-state index is 4.66. The molecule has 1 aliphatic carbocycles. The van der Waals surface area contributed by atoms with Crippen molar-refractivity contribution < 1.29 is 0 Å². The Bertz CT molecular complexity index is 431. The van der Waals surface area contributed by atoms with Gasteiger partial charge in [-0.25, -0.2) is 9.97 Å². The first-order chi connectivity index (χ1) is 8.28. The number of nitrogens with zero attached hydrogens (tertiary/aromatic N) is 2. The van der Waals surface area contributed by atoms with Gasteiger partial charge in [-0.15, -0.1) is 0 Å². The molecule has 0 bridgehead atoms. The highest BCUT2D eigenvalue weighted by Crippen LogP contribution is 2.33. The van der Waals surface area contributed by atoms with Crippen LogP contribution in [0.15, 0.2) is 10.7 Å². The molecular weight excluding hydrogens is 290 g/mol. The van der Waals surface area contributed by atoms with E-state index in [-0.39, 0.29) is 11.0 Å². The average molecular weight is 312 g/mol. The maximum Gasteiger partial charge on any atom is 0.137 e. The van der Waals surface area contributed by atoms with Crippen molar-refractivity contribution in [2.24, 2.45) is 0 Å². The first-order valence-electron chi connectivity index (χ1n) is 6.62. The molecule has 18 heavy (non-hydrogen) atoms. The third kappa shape index (κ3) is 3.22. The zero-order valence-electron chi connectivity index (χ0n) is 11.7. The van der Waals surface area contributed by atoms with Gasteiger partial charge in [0.05, 0.1) is 0 Å². The van der Waals surface area contributed by atoms with Crippen molar-refractivity contribution in [1.29, 1.82) is 0 Å². The molecule has 1 aromatic rings. The fourth-order valence-electron chi connectivity index (χ4n) is 2.41. The van der Waals surface area contributed by atoms with Crippen molar-refractivity contribution in [3.63, 3.8) is 0 Å². The van der Waals surface area contributed by atoms with E-state index in [1.165, 1.54) is 25.7 Å². The first kappa shape index (κ1) is 13.8. The summed E-state index contributed by atoms with van der Waals surface area (Å²) in [6.45, 7) is 8.69. The number of hydrogen-bond donors (Lipinski definition) is 1. The number of anilines is 1. The largest absolute Gasteiger partial charge is 0.365 e. The van der Waals surface area contributed by atoms with Crippen LogP contribution in [0.25, 0.3) is 0 Å². The van der Waals surface area contributed by atoms with Gasteiger partial charge in [0.25, 0.3) is 0 Å². The van der Waals surface area contributed by atoms with Crippen molar-refractivity contribution in [2.75, 3.05) is 5.32 Å². The zero-order chi connectivity index (χ0) is 13.4. The van der Waals surface area contributed by atoms with Crippen LogP contribution in [0.5, 0.6) is 0 Å². The molecule has 0 saturated heterocycles. The lowest BCUT2D eigenvalue weighted by atomic mass is 9.95. The molecule has 3 nitrogen and oxygen atoms in total. The van der Waals surface area contributed by atoms with Crippen molar-refractivity contribution in [3.8, 4) is 0 Å². The van der Waals surface area contributed by atoms with Crippen LogP contribution in [0.1, 0.15) is 59.2 Å².